The number of rotatable bonds is 1. The van der Waals surface area contributed by atoms with Gasteiger partial charge >= 0.3 is 0 Å². The highest BCUT2D eigenvalue weighted by atomic mass is 16.2. The molecule has 0 radical (unpaired) electrons. The molecule has 2 N–H and O–H groups in total. The van der Waals surface area contributed by atoms with Gasteiger partial charge in [-0.15, -0.1) is 0 Å². The van der Waals surface area contributed by atoms with Crippen LogP contribution in [0.15, 0.2) is 18.2 Å². The topological polar surface area (TPSA) is 63.4 Å². The smallest absolute Gasteiger partial charge is 0.233 e. The fourth-order valence-corrected chi connectivity index (χ4v) is 2.11. The lowest BCUT2D eigenvalue weighted by atomic mass is 10.1. The number of nitrogens with zero attached hydrogens (tertiary/aromatic N) is 1. The van der Waals surface area contributed by atoms with Crippen molar-refractivity contribution in [3.63, 3.8) is 0 Å². The lowest BCUT2D eigenvalue weighted by Gasteiger charge is -2.21. The zero-order valence-corrected chi connectivity index (χ0v) is 9.90. The van der Waals surface area contributed by atoms with Crippen LogP contribution in [0.2, 0.25) is 0 Å². The molecular formula is C13H16N2O2. The summed E-state index contributed by atoms with van der Waals surface area (Å²) in [5.41, 5.74) is 7.83. The molecule has 0 aliphatic carbocycles. The molecule has 0 aromatic heterocycles. The molecule has 0 bridgehead atoms. The number of hydrogen-bond donors (Lipinski definition) is 1. The van der Waals surface area contributed by atoms with Crippen LogP contribution in [0.25, 0.3) is 0 Å². The van der Waals surface area contributed by atoms with Gasteiger partial charge in [0, 0.05) is 18.5 Å². The molecule has 90 valence electrons. The predicted octanol–water partition coefficient (Wildman–Crippen LogP) is 2.01. The van der Waals surface area contributed by atoms with Crippen molar-refractivity contribution in [1.82, 2.24) is 0 Å². The molecule has 17 heavy (non-hydrogen) atoms. The van der Waals surface area contributed by atoms with Gasteiger partial charge in [0.2, 0.25) is 11.8 Å². The minimum Gasteiger partial charge on any atom is -0.399 e. The van der Waals surface area contributed by atoms with Crippen molar-refractivity contribution < 1.29 is 9.59 Å². The van der Waals surface area contributed by atoms with Crippen LogP contribution >= 0.6 is 0 Å². The van der Waals surface area contributed by atoms with Gasteiger partial charge in [-0.2, -0.15) is 0 Å². The van der Waals surface area contributed by atoms with Crippen molar-refractivity contribution in [3.05, 3.63) is 23.8 Å². The molecule has 1 aliphatic rings. The van der Waals surface area contributed by atoms with Gasteiger partial charge in [0.25, 0.3) is 0 Å². The van der Waals surface area contributed by atoms with E-state index in [1.54, 1.807) is 18.2 Å². The first kappa shape index (κ1) is 11.6. The van der Waals surface area contributed by atoms with E-state index in [-0.39, 0.29) is 11.8 Å². The van der Waals surface area contributed by atoms with Crippen LogP contribution in [-0.2, 0) is 9.59 Å². The van der Waals surface area contributed by atoms with Crippen molar-refractivity contribution >= 4 is 23.2 Å². The van der Waals surface area contributed by atoms with Crippen molar-refractivity contribution in [2.24, 2.45) is 0 Å². The number of nitrogens with two attached hydrogens (primary N) is 1. The first-order chi connectivity index (χ1) is 8.09. The number of aryl methyl sites for hydroxylation is 1. The maximum Gasteiger partial charge on any atom is 0.233 e. The fraction of sp³-hybridized carbons (Fsp3) is 0.385. The zero-order valence-electron chi connectivity index (χ0n) is 9.90. The van der Waals surface area contributed by atoms with Gasteiger partial charge in [-0.25, -0.2) is 0 Å². The second kappa shape index (κ2) is 4.57. The van der Waals surface area contributed by atoms with E-state index >= 15 is 0 Å². The van der Waals surface area contributed by atoms with Crippen LogP contribution in [0, 0.1) is 6.92 Å². The molecular weight excluding hydrogens is 216 g/mol. The summed E-state index contributed by atoms with van der Waals surface area (Å²) in [6.45, 7) is 1.86. The molecule has 2 rings (SSSR count). The number of benzene rings is 1. The molecule has 0 saturated carbocycles. The van der Waals surface area contributed by atoms with Crippen LogP contribution in [0.5, 0.6) is 0 Å². The normalized spacial score (nSPS) is 17.1. The van der Waals surface area contributed by atoms with Crippen LogP contribution in [0.1, 0.15) is 31.2 Å². The van der Waals surface area contributed by atoms with E-state index in [0.717, 1.165) is 18.4 Å². The Bertz CT molecular complexity index is 450. The molecule has 0 unspecified atom stereocenters. The molecule has 0 spiro atoms. The molecule has 1 fully saturated rings. The number of amides is 2. The minimum atomic E-state index is -0.111. The summed E-state index contributed by atoms with van der Waals surface area (Å²) in [5, 5.41) is 0. The largest absolute Gasteiger partial charge is 0.399 e. The molecule has 1 heterocycles. The van der Waals surface area contributed by atoms with Crippen LogP contribution < -0.4 is 10.6 Å². The highest BCUT2D eigenvalue weighted by Crippen LogP contribution is 2.26. The summed E-state index contributed by atoms with van der Waals surface area (Å²) in [5.74, 6) is -0.222. The summed E-state index contributed by atoms with van der Waals surface area (Å²) in [4.78, 5) is 25.2. The maximum absolute atomic E-state index is 11.9. The molecule has 1 aromatic carbocycles. The predicted molar refractivity (Wildman–Crippen MR) is 66.6 cm³/mol. The van der Waals surface area contributed by atoms with Crippen LogP contribution in [0.3, 0.4) is 0 Å². The third-order valence-electron chi connectivity index (χ3n) is 2.99. The monoisotopic (exact) mass is 232 g/mol. The SMILES string of the molecule is Cc1cc(N)ccc1N1C(=O)CCCCC1=O. The lowest BCUT2D eigenvalue weighted by molar-refractivity contribution is -0.125. The average Bonchev–Trinajstić information content (AvgIpc) is 2.42. The first-order valence-corrected chi connectivity index (χ1v) is 5.81. The van der Waals surface area contributed by atoms with Gasteiger partial charge in [-0.05, 0) is 43.5 Å². The zero-order chi connectivity index (χ0) is 12.4. The van der Waals surface area contributed by atoms with E-state index in [1.807, 2.05) is 6.92 Å². The molecule has 1 aliphatic heterocycles. The Morgan fingerprint density at radius 1 is 1.12 bits per heavy atom. The standard InChI is InChI=1S/C13H16N2O2/c1-9-8-10(14)6-7-11(9)15-12(16)4-2-3-5-13(15)17/h6-8H,2-5,14H2,1H3. The Balaban J connectivity index is 2.41. The third-order valence-corrected chi connectivity index (χ3v) is 2.99. The molecule has 4 heteroatoms. The lowest BCUT2D eigenvalue weighted by Crippen LogP contribution is -2.35. The first-order valence-electron chi connectivity index (χ1n) is 5.81. The fourth-order valence-electron chi connectivity index (χ4n) is 2.11. The Hall–Kier alpha value is -1.84. The van der Waals surface area contributed by atoms with Gasteiger partial charge in [0.1, 0.15) is 0 Å². The second-order valence-corrected chi connectivity index (χ2v) is 4.38. The molecule has 0 atom stereocenters. The Labute approximate surface area is 100 Å². The molecule has 1 saturated heterocycles. The van der Waals surface area contributed by atoms with Crippen LogP contribution in [-0.4, -0.2) is 11.8 Å². The summed E-state index contributed by atoms with van der Waals surface area (Å²) < 4.78 is 0. The van der Waals surface area contributed by atoms with E-state index < -0.39 is 0 Å². The Kier molecular flexibility index (Phi) is 3.13. The van der Waals surface area contributed by atoms with Crippen molar-refractivity contribution in [3.8, 4) is 0 Å². The number of carbonyl (C=O) groups excluding carboxylic acids is 2. The minimum absolute atomic E-state index is 0.111. The van der Waals surface area contributed by atoms with Crippen molar-refractivity contribution in [2.45, 2.75) is 32.6 Å². The van der Waals surface area contributed by atoms with Gasteiger partial charge in [0.15, 0.2) is 0 Å². The maximum atomic E-state index is 11.9. The molecule has 4 nitrogen and oxygen atoms in total. The number of anilines is 2. The van der Waals surface area contributed by atoms with E-state index in [4.69, 9.17) is 5.73 Å². The summed E-state index contributed by atoms with van der Waals surface area (Å²) >= 11 is 0. The van der Waals surface area contributed by atoms with Gasteiger partial charge in [-0.1, -0.05) is 0 Å². The Morgan fingerprint density at radius 3 is 2.24 bits per heavy atom. The van der Waals surface area contributed by atoms with E-state index in [0.29, 0.717) is 24.2 Å². The summed E-state index contributed by atoms with van der Waals surface area (Å²) in [6.07, 6.45) is 2.45. The second-order valence-electron chi connectivity index (χ2n) is 4.38. The Morgan fingerprint density at radius 2 is 1.71 bits per heavy atom. The van der Waals surface area contributed by atoms with Gasteiger partial charge in [-0.3, -0.25) is 14.5 Å². The van der Waals surface area contributed by atoms with E-state index in [2.05, 4.69) is 0 Å². The number of imide groups is 1. The van der Waals surface area contributed by atoms with E-state index in [1.165, 1.54) is 4.90 Å². The third kappa shape index (κ3) is 2.30. The molecule has 2 amide bonds. The number of nitrogen functional groups attached to an aromatic ring is 1. The number of hydrogen-bond acceptors (Lipinski definition) is 3. The average molecular weight is 232 g/mol. The van der Waals surface area contributed by atoms with Crippen molar-refractivity contribution in [1.29, 1.82) is 0 Å². The van der Waals surface area contributed by atoms with Gasteiger partial charge in [0.05, 0.1) is 5.69 Å². The van der Waals surface area contributed by atoms with Crippen LogP contribution in [0.4, 0.5) is 11.4 Å². The van der Waals surface area contributed by atoms with E-state index in [9.17, 15) is 9.59 Å². The summed E-state index contributed by atoms with van der Waals surface area (Å²) in [6, 6.07) is 5.24. The summed E-state index contributed by atoms with van der Waals surface area (Å²) in [7, 11) is 0. The highest BCUT2D eigenvalue weighted by molar-refractivity contribution is 6.15. The molecule has 1 aromatic rings. The highest BCUT2D eigenvalue weighted by Gasteiger charge is 2.26. The van der Waals surface area contributed by atoms with Crippen molar-refractivity contribution in [2.75, 3.05) is 10.6 Å². The quantitative estimate of drug-likeness (QED) is 0.595. The number of carbonyl (C=O) groups is 2. The van der Waals surface area contributed by atoms with Gasteiger partial charge < -0.3 is 5.73 Å².